The highest BCUT2D eigenvalue weighted by atomic mass is 16.5. The van der Waals surface area contributed by atoms with Gasteiger partial charge < -0.3 is 9.84 Å². The third-order valence-corrected chi connectivity index (χ3v) is 3.74. The smallest absolute Gasteiger partial charge is 0.104 e. The minimum atomic E-state index is -0.620. The zero-order valence-corrected chi connectivity index (χ0v) is 13.3. The normalized spacial score (nSPS) is 13.2. The molecule has 1 atom stereocenters. The molecule has 1 N–H and O–H groups in total. The minimum absolute atomic E-state index is 0.122. The number of methoxy groups -OCH3 is 1. The first kappa shape index (κ1) is 15.7. The molecule has 2 heteroatoms. The van der Waals surface area contributed by atoms with Gasteiger partial charge in [0.1, 0.15) is 6.10 Å². The van der Waals surface area contributed by atoms with Gasteiger partial charge in [-0.25, -0.2) is 0 Å². The van der Waals surface area contributed by atoms with Crippen molar-refractivity contribution in [3.63, 3.8) is 0 Å². The van der Waals surface area contributed by atoms with Crippen molar-refractivity contribution < 1.29 is 9.84 Å². The molecule has 0 radical (unpaired) electrons. The van der Waals surface area contributed by atoms with Crippen molar-refractivity contribution in [2.75, 3.05) is 7.11 Å². The summed E-state index contributed by atoms with van der Waals surface area (Å²) < 4.78 is 5.21. The number of hydrogen-bond acceptors (Lipinski definition) is 2. The fourth-order valence-corrected chi connectivity index (χ4v) is 2.43. The van der Waals surface area contributed by atoms with E-state index in [0.717, 1.165) is 16.7 Å². The maximum Gasteiger partial charge on any atom is 0.104 e. The Morgan fingerprint density at radius 2 is 1.62 bits per heavy atom. The first-order valence-electron chi connectivity index (χ1n) is 7.28. The fourth-order valence-electron chi connectivity index (χ4n) is 2.43. The van der Waals surface area contributed by atoms with Gasteiger partial charge in [-0.05, 0) is 27.7 Å². The molecule has 0 aliphatic carbocycles. The van der Waals surface area contributed by atoms with E-state index in [1.807, 2.05) is 36.4 Å². The highest BCUT2D eigenvalue weighted by molar-refractivity contribution is 5.37. The average Bonchev–Trinajstić information content (AvgIpc) is 2.47. The third-order valence-electron chi connectivity index (χ3n) is 3.74. The largest absolute Gasteiger partial charge is 0.384 e. The Morgan fingerprint density at radius 1 is 1.00 bits per heavy atom. The maximum absolute atomic E-state index is 10.6. The fraction of sp³-hybridized carbons (Fsp3) is 0.368. The summed E-state index contributed by atoms with van der Waals surface area (Å²) in [4.78, 5) is 0. The van der Waals surface area contributed by atoms with Crippen LogP contribution < -0.4 is 0 Å². The van der Waals surface area contributed by atoms with E-state index in [1.54, 1.807) is 7.11 Å². The third kappa shape index (κ3) is 3.72. The Labute approximate surface area is 127 Å². The molecule has 2 aromatic rings. The Hall–Kier alpha value is -1.64. The molecule has 2 nitrogen and oxygen atoms in total. The van der Waals surface area contributed by atoms with Crippen LogP contribution in [-0.2, 0) is 16.8 Å². The summed E-state index contributed by atoms with van der Waals surface area (Å²) in [7, 11) is 1.67. The van der Waals surface area contributed by atoms with Gasteiger partial charge in [0, 0.05) is 7.11 Å². The Bertz CT molecular complexity index is 579. The lowest BCUT2D eigenvalue weighted by atomic mass is 9.86. The van der Waals surface area contributed by atoms with Crippen LogP contribution in [0.3, 0.4) is 0 Å². The van der Waals surface area contributed by atoms with Gasteiger partial charge in [-0.2, -0.15) is 0 Å². The second-order valence-corrected chi connectivity index (χ2v) is 6.41. The first-order chi connectivity index (χ1) is 9.93. The molecule has 0 saturated heterocycles. The van der Waals surface area contributed by atoms with Crippen molar-refractivity contribution in [2.24, 2.45) is 0 Å². The van der Waals surface area contributed by atoms with E-state index in [0.29, 0.717) is 6.61 Å². The number of hydrogen-bond donors (Lipinski definition) is 1. The van der Waals surface area contributed by atoms with Gasteiger partial charge >= 0.3 is 0 Å². The number of aliphatic hydroxyl groups excluding tert-OH is 1. The Kier molecular flexibility index (Phi) is 4.81. The molecule has 0 saturated carbocycles. The minimum Gasteiger partial charge on any atom is -0.384 e. The molecule has 0 spiro atoms. The van der Waals surface area contributed by atoms with Crippen LogP contribution in [0.15, 0.2) is 48.5 Å². The van der Waals surface area contributed by atoms with Crippen LogP contribution in [0.2, 0.25) is 0 Å². The first-order valence-corrected chi connectivity index (χ1v) is 7.28. The molecule has 0 fully saturated rings. The van der Waals surface area contributed by atoms with Crippen molar-refractivity contribution in [2.45, 2.75) is 38.9 Å². The van der Waals surface area contributed by atoms with Crippen molar-refractivity contribution in [1.29, 1.82) is 0 Å². The summed E-state index contributed by atoms with van der Waals surface area (Å²) in [6, 6.07) is 16.1. The molecule has 21 heavy (non-hydrogen) atoms. The lowest BCUT2D eigenvalue weighted by molar-refractivity contribution is 0.176. The Morgan fingerprint density at radius 3 is 2.19 bits per heavy atom. The van der Waals surface area contributed by atoms with Crippen molar-refractivity contribution >= 4 is 0 Å². The summed E-state index contributed by atoms with van der Waals surface area (Å²) in [6.07, 6.45) is -0.620. The van der Waals surface area contributed by atoms with Crippen LogP contribution in [-0.4, -0.2) is 12.2 Å². The zero-order chi connectivity index (χ0) is 15.5. The molecule has 0 heterocycles. The van der Waals surface area contributed by atoms with Gasteiger partial charge in [0.2, 0.25) is 0 Å². The van der Waals surface area contributed by atoms with Crippen LogP contribution in [0.25, 0.3) is 0 Å². The van der Waals surface area contributed by atoms with E-state index < -0.39 is 6.10 Å². The molecule has 0 aliphatic rings. The van der Waals surface area contributed by atoms with E-state index in [1.165, 1.54) is 5.56 Å². The summed E-state index contributed by atoms with van der Waals surface area (Å²) in [5, 5.41) is 10.6. The van der Waals surface area contributed by atoms with Crippen molar-refractivity contribution in [1.82, 2.24) is 0 Å². The molecule has 2 rings (SSSR count). The lowest BCUT2D eigenvalue weighted by Crippen LogP contribution is -2.11. The standard InChI is InChI=1S/C19H24O2/c1-19(2,3)16-11-9-14(10-12-16)18(20)17-8-6-5-7-15(17)13-21-4/h5-12,18,20H,13H2,1-4H3. The quantitative estimate of drug-likeness (QED) is 0.911. The van der Waals surface area contributed by atoms with E-state index in [4.69, 9.17) is 4.74 Å². The molecule has 0 amide bonds. The molecule has 0 bridgehead atoms. The van der Waals surface area contributed by atoms with Crippen LogP contribution in [0.1, 0.15) is 49.1 Å². The number of aliphatic hydroxyl groups is 1. The molecule has 1 unspecified atom stereocenters. The van der Waals surface area contributed by atoms with Gasteiger partial charge in [-0.3, -0.25) is 0 Å². The van der Waals surface area contributed by atoms with Crippen molar-refractivity contribution in [3.8, 4) is 0 Å². The van der Waals surface area contributed by atoms with E-state index in [2.05, 4.69) is 32.9 Å². The zero-order valence-electron chi connectivity index (χ0n) is 13.3. The second kappa shape index (κ2) is 6.42. The lowest BCUT2D eigenvalue weighted by Gasteiger charge is -2.21. The number of ether oxygens (including phenoxy) is 1. The van der Waals surface area contributed by atoms with E-state index in [9.17, 15) is 5.11 Å². The second-order valence-electron chi connectivity index (χ2n) is 6.41. The Balaban J connectivity index is 2.30. The molecule has 0 aromatic heterocycles. The van der Waals surface area contributed by atoms with Crippen LogP contribution >= 0.6 is 0 Å². The molecule has 0 aliphatic heterocycles. The topological polar surface area (TPSA) is 29.5 Å². The van der Waals surface area contributed by atoms with E-state index >= 15 is 0 Å². The molecular formula is C19H24O2. The van der Waals surface area contributed by atoms with Gasteiger partial charge in [-0.1, -0.05) is 69.3 Å². The molecular weight excluding hydrogens is 260 g/mol. The predicted octanol–water partition coefficient (Wildman–Crippen LogP) is 4.21. The van der Waals surface area contributed by atoms with Crippen LogP contribution in [0.4, 0.5) is 0 Å². The summed E-state index contributed by atoms with van der Waals surface area (Å²) in [5.41, 5.74) is 4.22. The van der Waals surface area contributed by atoms with Gasteiger partial charge in [0.15, 0.2) is 0 Å². The average molecular weight is 284 g/mol. The monoisotopic (exact) mass is 284 g/mol. The highest BCUT2D eigenvalue weighted by Crippen LogP contribution is 2.28. The number of rotatable bonds is 4. The van der Waals surface area contributed by atoms with Crippen LogP contribution in [0.5, 0.6) is 0 Å². The van der Waals surface area contributed by atoms with Gasteiger partial charge in [0.05, 0.1) is 6.61 Å². The summed E-state index contributed by atoms with van der Waals surface area (Å²) in [6.45, 7) is 7.07. The molecule has 2 aromatic carbocycles. The van der Waals surface area contributed by atoms with Crippen LogP contribution in [0, 0.1) is 0 Å². The highest BCUT2D eigenvalue weighted by Gasteiger charge is 2.17. The number of benzene rings is 2. The van der Waals surface area contributed by atoms with E-state index in [-0.39, 0.29) is 5.41 Å². The summed E-state index contributed by atoms with van der Waals surface area (Å²) >= 11 is 0. The summed E-state index contributed by atoms with van der Waals surface area (Å²) in [5.74, 6) is 0. The SMILES string of the molecule is COCc1ccccc1C(O)c1ccc(C(C)(C)C)cc1. The molecule has 112 valence electrons. The van der Waals surface area contributed by atoms with Gasteiger partial charge in [0.25, 0.3) is 0 Å². The van der Waals surface area contributed by atoms with Gasteiger partial charge in [-0.15, -0.1) is 0 Å². The van der Waals surface area contributed by atoms with Crippen molar-refractivity contribution in [3.05, 3.63) is 70.8 Å². The maximum atomic E-state index is 10.6. The predicted molar refractivity (Wildman–Crippen MR) is 86.4 cm³/mol.